The summed E-state index contributed by atoms with van der Waals surface area (Å²) in [6.45, 7) is 8.83. The maximum absolute atomic E-state index is 13.1. The molecule has 0 saturated carbocycles. The number of hydrogen-bond acceptors (Lipinski definition) is 6. The number of nitrogens with zero attached hydrogens (tertiary/aromatic N) is 4. The van der Waals surface area contributed by atoms with Crippen molar-refractivity contribution in [1.82, 2.24) is 9.47 Å². The third-order valence-corrected chi connectivity index (χ3v) is 6.64. The monoisotopic (exact) mass is 490 g/mol. The number of carbonyl (C=O) groups is 1. The number of ether oxygens (including phenoxy) is 1. The zero-order chi connectivity index (χ0) is 25.1. The number of carbonyl (C=O) groups excluding carboxylic acids is 1. The van der Waals surface area contributed by atoms with Gasteiger partial charge in [0.1, 0.15) is 5.75 Å². The Morgan fingerprint density at radius 3 is 2.51 bits per heavy atom. The van der Waals surface area contributed by atoms with Gasteiger partial charge in [-0.1, -0.05) is 6.07 Å². The van der Waals surface area contributed by atoms with Gasteiger partial charge in [-0.2, -0.15) is 0 Å². The molecule has 0 aliphatic carbocycles. The summed E-state index contributed by atoms with van der Waals surface area (Å²) < 4.78 is 7.44. The number of amides is 1. The van der Waals surface area contributed by atoms with Crippen molar-refractivity contribution in [1.29, 1.82) is 0 Å². The van der Waals surface area contributed by atoms with Crippen molar-refractivity contribution < 1.29 is 14.5 Å². The highest BCUT2D eigenvalue weighted by molar-refractivity contribution is 8.18. The molecule has 4 rings (SSSR count). The summed E-state index contributed by atoms with van der Waals surface area (Å²) in [5.41, 5.74) is 4.17. The minimum atomic E-state index is -0.404. The lowest BCUT2D eigenvalue weighted by molar-refractivity contribution is -0.384. The van der Waals surface area contributed by atoms with E-state index in [2.05, 4.69) is 0 Å². The number of rotatable bonds is 7. The maximum Gasteiger partial charge on any atom is 0.271 e. The van der Waals surface area contributed by atoms with Crippen LogP contribution >= 0.6 is 11.8 Å². The second kappa shape index (κ2) is 10.2. The largest absolute Gasteiger partial charge is 0.494 e. The normalized spacial score (nSPS) is 15.9. The summed E-state index contributed by atoms with van der Waals surface area (Å²) in [4.78, 5) is 30.9. The second-order valence-corrected chi connectivity index (χ2v) is 8.93. The lowest BCUT2D eigenvalue weighted by Gasteiger charge is -2.12. The van der Waals surface area contributed by atoms with Crippen LogP contribution in [0.5, 0.6) is 5.75 Å². The molecular formula is C26H26N4O4S. The second-order valence-electron chi connectivity index (χ2n) is 7.92. The van der Waals surface area contributed by atoms with Crippen LogP contribution in [-0.2, 0) is 4.79 Å². The van der Waals surface area contributed by atoms with Crippen LogP contribution in [0.3, 0.4) is 0 Å². The first-order valence-corrected chi connectivity index (χ1v) is 12.1. The Bertz CT molecular complexity index is 1340. The molecule has 2 aromatic carbocycles. The van der Waals surface area contributed by atoms with Crippen LogP contribution in [-0.4, -0.2) is 38.6 Å². The summed E-state index contributed by atoms with van der Waals surface area (Å²) >= 11 is 1.34. The highest BCUT2D eigenvalue weighted by Crippen LogP contribution is 2.35. The van der Waals surface area contributed by atoms with Gasteiger partial charge in [-0.25, -0.2) is 4.99 Å². The first kappa shape index (κ1) is 24.3. The molecule has 1 aromatic heterocycles. The number of nitro groups is 1. The Balaban J connectivity index is 1.66. The molecule has 1 aliphatic heterocycles. The number of thioether (sulfide) groups is 1. The van der Waals surface area contributed by atoms with Crippen LogP contribution in [0.2, 0.25) is 0 Å². The van der Waals surface area contributed by atoms with Crippen LogP contribution in [0.1, 0.15) is 30.8 Å². The van der Waals surface area contributed by atoms with Gasteiger partial charge in [0, 0.05) is 30.1 Å². The van der Waals surface area contributed by atoms with Gasteiger partial charge in [-0.05, 0) is 87.5 Å². The molecule has 1 saturated heterocycles. The van der Waals surface area contributed by atoms with Crippen LogP contribution in [0, 0.1) is 24.0 Å². The van der Waals surface area contributed by atoms with Gasteiger partial charge in [-0.3, -0.25) is 19.8 Å². The predicted molar refractivity (Wildman–Crippen MR) is 140 cm³/mol. The molecule has 0 bridgehead atoms. The van der Waals surface area contributed by atoms with E-state index in [1.54, 1.807) is 17.0 Å². The van der Waals surface area contributed by atoms with Crippen molar-refractivity contribution in [2.24, 2.45) is 4.99 Å². The first-order chi connectivity index (χ1) is 16.8. The molecule has 1 fully saturated rings. The van der Waals surface area contributed by atoms with E-state index >= 15 is 0 Å². The van der Waals surface area contributed by atoms with Crippen molar-refractivity contribution in [2.45, 2.75) is 27.7 Å². The third-order valence-electron chi connectivity index (χ3n) is 5.63. The average molecular weight is 491 g/mol. The average Bonchev–Trinajstić information content (AvgIpc) is 3.29. The molecule has 2 heterocycles. The molecule has 0 radical (unpaired) electrons. The van der Waals surface area contributed by atoms with Gasteiger partial charge in [0.05, 0.1) is 27.8 Å². The number of aryl methyl sites for hydroxylation is 1. The topological polar surface area (TPSA) is 90.0 Å². The van der Waals surface area contributed by atoms with Crippen molar-refractivity contribution in [3.8, 4) is 11.4 Å². The zero-order valence-electron chi connectivity index (χ0n) is 20.0. The molecule has 3 aromatic rings. The molecule has 0 N–H and O–H groups in total. The van der Waals surface area contributed by atoms with Gasteiger partial charge in [-0.15, -0.1) is 0 Å². The van der Waals surface area contributed by atoms with E-state index in [0.29, 0.717) is 28.9 Å². The molecule has 8 nitrogen and oxygen atoms in total. The molecule has 1 amide bonds. The fourth-order valence-corrected chi connectivity index (χ4v) is 5.04. The van der Waals surface area contributed by atoms with Crippen LogP contribution in [0.25, 0.3) is 11.8 Å². The molecular weight excluding hydrogens is 464 g/mol. The van der Waals surface area contributed by atoms with Crippen LogP contribution < -0.4 is 4.74 Å². The molecule has 0 spiro atoms. The summed E-state index contributed by atoms with van der Waals surface area (Å²) in [5.74, 6) is 0.681. The number of hydrogen-bond donors (Lipinski definition) is 0. The van der Waals surface area contributed by atoms with Gasteiger partial charge in [0.2, 0.25) is 0 Å². The van der Waals surface area contributed by atoms with Crippen LogP contribution in [0.15, 0.2) is 64.5 Å². The molecule has 180 valence electrons. The quantitative estimate of drug-likeness (QED) is 0.229. The predicted octanol–water partition coefficient (Wildman–Crippen LogP) is 6.02. The summed E-state index contributed by atoms with van der Waals surface area (Å²) in [6.07, 6.45) is 1.87. The fourth-order valence-electron chi connectivity index (χ4n) is 3.98. The first-order valence-electron chi connectivity index (χ1n) is 11.3. The number of nitro benzene ring substituents is 1. The summed E-state index contributed by atoms with van der Waals surface area (Å²) in [7, 11) is 0. The zero-order valence-corrected chi connectivity index (χ0v) is 20.8. The molecule has 9 heteroatoms. The fraction of sp³-hybridized carbons (Fsp3) is 0.231. The van der Waals surface area contributed by atoms with E-state index in [-0.39, 0.29) is 11.6 Å². The lowest BCUT2D eigenvalue weighted by Crippen LogP contribution is -2.28. The van der Waals surface area contributed by atoms with E-state index < -0.39 is 4.92 Å². The van der Waals surface area contributed by atoms with E-state index in [4.69, 9.17) is 9.73 Å². The number of benzene rings is 2. The molecule has 1 aliphatic rings. The van der Waals surface area contributed by atoms with E-state index in [9.17, 15) is 14.9 Å². The summed E-state index contributed by atoms with van der Waals surface area (Å²) in [5, 5.41) is 11.8. The van der Waals surface area contributed by atoms with E-state index in [1.807, 2.05) is 74.7 Å². The highest BCUT2D eigenvalue weighted by atomic mass is 32.2. The standard InChI is InChI=1S/C26H26N4O4S/c1-5-28-25(31)24(35-26(28)27-20-10-12-23(13-11-20)34-6-2)15-19-14-17(3)29(18(19)4)21-8-7-9-22(16-21)30(32)33/h7-16H,5-6H2,1-4H3/b24-15+,27-26?. The Morgan fingerprint density at radius 1 is 1.11 bits per heavy atom. The number of aromatic nitrogens is 1. The summed E-state index contributed by atoms with van der Waals surface area (Å²) in [6, 6.07) is 16.0. The van der Waals surface area contributed by atoms with Gasteiger partial charge in [0.15, 0.2) is 5.17 Å². The van der Waals surface area contributed by atoms with Crippen molar-refractivity contribution >= 4 is 40.3 Å². The van der Waals surface area contributed by atoms with Gasteiger partial charge in [0.25, 0.3) is 11.6 Å². The minimum absolute atomic E-state index is 0.0326. The van der Waals surface area contributed by atoms with Gasteiger partial charge >= 0.3 is 0 Å². The van der Waals surface area contributed by atoms with Crippen molar-refractivity contribution in [2.75, 3.05) is 13.2 Å². The number of non-ortho nitro benzene ring substituents is 1. The minimum Gasteiger partial charge on any atom is -0.494 e. The Labute approximate surface area is 208 Å². The number of amidine groups is 1. The SMILES string of the molecule is CCOc1ccc(N=C2S/C(=C/c3cc(C)n(-c4cccc([N+](=O)[O-])c4)c3C)C(=O)N2CC)cc1. The number of likely N-dealkylation sites (N-methyl/N-ethyl adjacent to an activating group) is 1. The highest BCUT2D eigenvalue weighted by Gasteiger charge is 2.32. The van der Waals surface area contributed by atoms with Crippen molar-refractivity contribution in [3.05, 3.63) is 86.6 Å². The molecule has 0 atom stereocenters. The third kappa shape index (κ3) is 5.00. The Morgan fingerprint density at radius 2 is 1.86 bits per heavy atom. The van der Waals surface area contributed by atoms with E-state index in [0.717, 1.165) is 28.4 Å². The molecule has 0 unspecified atom stereocenters. The maximum atomic E-state index is 13.1. The Hall–Kier alpha value is -3.85. The van der Waals surface area contributed by atoms with Crippen molar-refractivity contribution in [3.63, 3.8) is 0 Å². The van der Waals surface area contributed by atoms with Crippen LogP contribution in [0.4, 0.5) is 11.4 Å². The smallest absolute Gasteiger partial charge is 0.271 e. The Kier molecular flexibility index (Phi) is 7.07. The lowest BCUT2D eigenvalue weighted by atomic mass is 10.2. The van der Waals surface area contributed by atoms with E-state index in [1.165, 1.54) is 17.8 Å². The number of aliphatic imine (C=N–C) groups is 1. The molecule has 35 heavy (non-hydrogen) atoms. The van der Waals surface area contributed by atoms with Gasteiger partial charge < -0.3 is 9.30 Å².